The van der Waals surface area contributed by atoms with Crippen molar-refractivity contribution >= 4 is 11.9 Å². The van der Waals surface area contributed by atoms with Gasteiger partial charge in [0.25, 0.3) is 0 Å². The van der Waals surface area contributed by atoms with Gasteiger partial charge in [-0.1, -0.05) is 12.2 Å². The topological polar surface area (TPSA) is 65.1 Å². The summed E-state index contributed by atoms with van der Waals surface area (Å²) in [5, 5.41) is 0. The molecule has 2 fully saturated rings. The molecular formula is C15H21NO5. The van der Waals surface area contributed by atoms with Crippen molar-refractivity contribution in [2.75, 3.05) is 33.4 Å². The van der Waals surface area contributed by atoms with Crippen LogP contribution >= 0.6 is 0 Å². The molecule has 6 heteroatoms. The van der Waals surface area contributed by atoms with Crippen molar-refractivity contribution < 1.29 is 23.8 Å². The molecule has 6 nitrogen and oxygen atoms in total. The predicted molar refractivity (Wildman–Crippen MR) is 73.4 cm³/mol. The van der Waals surface area contributed by atoms with Crippen LogP contribution in [0.25, 0.3) is 0 Å². The van der Waals surface area contributed by atoms with E-state index >= 15 is 0 Å². The standard InChI is InChI=1S/C15H21NO5/c1-3-20-14(18)11-10-5-6-15(21-10)9-16(7-4-8-19-2)13(17)12(11)15/h5-6,10-12H,3-4,7-9H2,1-2H3/t10-,11+,12+,15-/m1/s1. The molecule has 3 aliphatic rings. The number of carbonyl (C=O) groups excluding carboxylic acids is 2. The first-order valence-electron chi connectivity index (χ1n) is 7.44. The van der Waals surface area contributed by atoms with Crippen molar-refractivity contribution in [3.63, 3.8) is 0 Å². The van der Waals surface area contributed by atoms with Crippen LogP contribution in [0.1, 0.15) is 13.3 Å². The van der Waals surface area contributed by atoms with Crippen molar-refractivity contribution in [1.29, 1.82) is 0 Å². The molecule has 3 rings (SSSR count). The molecule has 0 radical (unpaired) electrons. The van der Waals surface area contributed by atoms with E-state index in [4.69, 9.17) is 14.2 Å². The van der Waals surface area contributed by atoms with Gasteiger partial charge in [-0.15, -0.1) is 0 Å². The molecule has 21 heavy (non-hydrogen) atoms. The Morgan fingerprint density at radius 2 is 2.38 bits per heavy atom. The van der Waals surface area contributed by atoms with E-state index in [1.54, 1.807) is 18.9 Å². The summed E-state index contributed by atoms with van der Waals surface area (Å²) in [7, 11) is 1.64. The van der Waals surface area contributed by atoms with Gasteiger partial charge in [0, 0.05) is 20.3 Å². The van der Waals surface area contributed by atoms with Gasteiger partial charge in [-0.25, -0.2) is 0 Å². The summed E-state index contributed by atoms with van der Waals surface area (Å²) in [6.07, 6.45) is 4.30. The molecule has 0 aromatic carbocycles. The molecule has 0 aliphatic carbocycles. The van der Waals surface area contributed by atoms with E-state index in [9.17, 15) is 9.59 Å². The van der Waals surface area contributed by atoms with Crippen molar-refractivity contribution in [1.82, 2.24) is 4.90 Å². The summed E-state index contributed by atoms with van der Waals surface area (Å²) in [6, 6.07) is 0. The average molecular weight is 295 g/mol. The quantitative estimate of drug-likeness (QED) is 0.402. The summed E-state index contributed by atoms with van der Waals surface area (Å²) in [4.78, 5) is 26.6. The fourth-order valence-corrected chi connectivity index (χ4v) is 3.67. The number of fused-ring (bicyclic) bond motifs is 1. The molecule has 0 aromatic rings. The van der Waals surface area contributed by atoms with Crippen molar-refractivity contribution in [2.45, 2.75) is 25.0 Å². The molecule has 2 saturated heterocycles. The van der Waals surface area contributed by atoms with E-state index in [1.165, 1.54) is 0 Å². The number of amides is 1. The Balaban J connectivity index is 1.77. The van der Waals surface area contributed by atoms with Gasteiger partial charge in [0.2, 0.25) is 5.91 Å². The minimum absolute atomic E-state index is 0.00370. The Kier molecular flexibility index (Phi) is 3.75. The SMILES string of the molecule is CCOC(=O)[C@@H]1[C@H]2C(=O)N(CCCOC)C[C@]23C=C[C@H]1O3. The van der Waals surface area contributed by atoms with E-state index in [0.717, 1.165) is 6.42 Å². The highest BCUT2D eigenvalue weighted by Crippen LogP contribution is 2.52. The summed E-state index contributed by atoms with van der Waals surface area (Å²) in [5.74, 6) is -1.27. The van der Waals surface area contributed by atoms with Crippen LogP contribution in [-0.4, -0.2) is 61.9 Å². The Morgan fingerprint density at radius 1 is 1.57 bits per heavy atom. The molecular weight excluding hydrogens is 274 g/mol. The minimum atomic E-state index is -0.633. The lowest BCUT2D eigenvalue weighted by molar-refractivity contribution is -0.153. The van der Waals surface area contributed by atoms with Gasteiger partial charge in [-0.3, -0.25) is 9.59 Å². The number of hydrogen-bond acceptors (Lipinski definition) is 5. The maximum absolute atomic E-state index is 12.6. The van der Waals surface area contributed by atoms with Crippen LogP contribution in [0.5, 0.6) is 0 Å². The fraction of sp³-hybridized carbons (Fsp3) is 0.733. The van der Waals surface area contributed by atoms with E-state index in [0.29, 0.717) is 26.3 Å². The van der Waals surface area contributed by atoms with Crippen LogP contribution in [0, 0.1) is 11.8 Å². The number of ether oxygens (including phenoxy) is 3. The number of carbonyl (C=O) groups is 2. The molecule has 0 N–H and O–H groups in total. The summed E-state index contributed by atoms with van der Waals surface area (Å²) in [5.41, 5.74) is -0.633. The molecule has 3 heterocycles. The van der Waals surface area contributed by atoms with Crippen molar-refractivity contribution in [3.05, 3.63) is 12.2 Å². The van der Waals surface area contributed by atoms with E-state index in [1.807, 2.05) is 12.2 Å². The molecule has 0 aromatic heterocycles. The lowest BCUT2D eigenvalue weighted by Gasteiger charge is -2.22. The zero-order valence-corrected chi connectivity index (χ0v) is 12.4. The number of rotatable bonds is 6. The number of methoxy groups -OCH3 is 1. The zero-order valence-electron chi connectivity index (χ0n) is 12.4. The monoisotopic (exact) mass is 295 g/mol. The molecule has 2 bridgehead atoms. The highest BCUT2D eigenvalue weighted by Gasteiger charge is 2.67. The minimum Gasteiger partial charge on any atom is -0.466 e. The van der Waals surface area contributed by atoms with Gasteiger partial charge in [0.05, 0.1) is 25.2 Å². The molecule has 3 aliphatic heterocycles. The summed E-state index contributed by atoms with van der Waals surface area (Å²) < 4.78 is 16.1. The third kappa shape index (κ3) is 2.17. The first kappa shape index (κ1) is 14.5. The molecule has 116 valence electrons. The Bertz CT molecular complexity index is 477. The van der Waals surface area contributed by atoms with Gasteiger partial charge >= 0.3 is 5.97 Å². The van der Waals surface area contributed by atoms with Gasteiger partial charge in [-0.2, -0.15) is 0 Å². The van der Waals surface area contributed by atoms with Crippen LogP contribution in [0.2, 0.25) is 0 Å². The highest BCUT2D eigenvalue weighted by atomic mass is 16.6. The Labute approximate surface area is 124 Å². The maximum Gasteiger partial charge on any atom is 0.312 e. The number of nitrogens with zero attached hydrogens (tertiary/aromatic N) is 1. The predicted octanol–water partition coefficient (Wildman–Crippen LogP) is 0.368. The van der Waals surface area contributed by atoms with Crippen LogP contribution in [0.4, 0.5) is 0 Å². The van der Waals surface area contributed by atoms with E-state index in [-0.39, 0.29) is 18.0 Å². The first-order chi connectivity index (χ1) is 10.1. The van der Waals surface area contributed by atoms with Gasteiger partial charge < -0.3 is 19.1 Å². The van der Waals surface area contributed by atoms with Crippen LogP contribution in [-0.2, 0) is 23.8 Å². The molecule has 0 saturated carbocycles. The fourth-order valence-electron chi connectivity index (χ4n) is 3.67. The summed E-state index contributed by atoms with van der Waals surface area (Å²) >= 11 is 0. The van der Waals surface area contributed by atoms with Crippen LogP contribution in [0.15, 0.2) is 12.2 Å². The van der Waals surface area contributed by atoms with Gasteiger partial charge in [-0.05, 0) is 13.3 Å². The number of hydrogen-bond donors (Lipinski definition) is 0. The second-order valence-corrected chi connectivity index (χ2v) is 5.76. The molecule has 4 atom stereocenters. The van der Waals surface area contributed by atoms with E-state index in [2.05, 4.69) is 0 Å². The van der Waals surface area contributed by atoms with Crippen molar-refractivity contribution in [3.8, 4) is 0 Å². The number of likely N-dealkylation sites (tertiary alicyclic amines) is 1. The third-order valence-electron chi connectivity index (χ3n) is 4.51. The van der Waals surface area contributed by atoms with E-state index < -0.39 is 17.4 Å². The smallest absolute Gasteiger partial charge is 0.312 e. The second-order valence-electron chi connectivity index (χ2n) is 5.76. The van der Waals surface area contributed by atoms with Gasteiger partial charge in [0.15, 0.2) is 0 Å². The Morgan fingerprint density at radius 3 is 3.10 bits per heavy atom. The van der Waals surface area contributed by atoms with Crippen LogP contribution in [0.3, 0.4) is 0 Å². The Hall–Kier alpha value is -1.40. The normalized spacial score (nSPS) is 36.4. The molecule has 0 unspecified atom stereocenters. The largest absolute Gasteiger partial charge is 0.466 e. The molecule has 1 amide bonds. The van der Waals surface area contributed by atoms with Crippen molar-refractivity contribution in [2.24, 2.45) is 11.8 Å². The average Bonchev–Trinajstić information content (AvgIpc) is 3.08. The second kappa shape index (κ2) is 5.42. The lowest BCUT2D eigenvalue weighted by atomic mass is 9.77. The van der Waals surface area contributed by atoms with Gasteiger partial charge in [0.1, 0.15) is 11.5 Å². The maximum atomic E-state index is 12.6. The number of esters is 1. The lowest BCUT2D eigenvalue weighted by Crippen LogP contribution is -2.40. The zero-order chi connectivity index (χ0) is 15.0. The highest BCUT2D eigenvalue weighted by molar-refractivity contribution is 5.91. The van der Waals surface area contributed by atoms with Crippen LogP contribution < -0.4 is 0 Å². The third-order valence-corrected chi connectivity index (χ3v) is 4.51. The first-order valence-corrected chi connectivity index (χ1v) is 7.44. The molecule has 1 spiro atoms. The summed E-state index contributed by atoms with van der Waals surface area (Å²) in [6.45, 7) is 3.84.